The van der Waals surface area contributed by atoms with Gasteiger partial charge in [-0.3, -0.25) is 0 Å². The highest BCUT2D eigenvalue weighted by atomic mass is 79.9. The molecule has 1 atom stereocenters. The Hall–Kier alpha value is -0.850. The Bertz CT molecular complexity index is 647. The smallest absolute Gasteiger partial charge is 0.194 e. The van der Waals surface area contributed by atoms with Crippen molar-refractivity contribution in [1.82, 2.24) is 5.32 Å². The van der Waals surface area contributed by atoms with Crippen LogP contribution in [0, 0.1) is 17.5 Å². The van der Waals surface area contributed by atoms with Crippen LogP contribution in [0.25, 0.3) is 0 Å². The topological polar surface area (TPSA) is 12.0 Å². The Balaban J connectivity index is 2.55. The maximum atomic E-state index is 13.9. The fraction of sp³-hybridized carbons (Fsp3) is 0.143. The van der Waals surface area contributed by atoms with Gasteiger partial charge in [-0.05, 0) is 30.8 Å². The lowest BCUT2D eigenvalue weighted by molar-refractivity contribution is 0.435. The zero-order valence-corrected chi connectivity index (χ0v) is 13.5. The fourth-order valence-electron chi connectivity index (χ4n) is 1.98. The number of hydrogen-bond acceptors (Lipinski definition) is 1. The second-order valence-corrected chi connectivity index (χ2v) is 5.92. The SMILES string of the molecule is CNC(c1ccc(Br)cc1Br)c1ccc(F)c(F)c1F. The summed E-state index contributed by atoms with van der Waals surface area (Å²) in [4.78, 5) is 0. The number of halogens is 5. The molecule has 0 aliphatic rings. The van der Waals surface area contributed by atoms with E-state index < -0.39 is 23.5 Å². The second-order valence-electron chi connectivity index (χ2n) is 4.15. The van der Waals surface area contributed by atoms with Gasteiger partial charge in [0.05, 0.1) is 6.04 Å². The van der Waals surface area contributed by atoms with Crippen molar-refractivity contribution in [2.45, 2.75) is 6.04 Å². The van der Waals surface area contributed by atoms with Crippen molar-refractivity contribution in [1.29, 1.82) is 0 Å². The minimum atomic E-state index is -1.46. The average molecular weight is 409 g/mol. The minimum absolute atomic E-state index is 0.0504. The maximum Gasteiger partial charge on any atom is 0.194 e. The average Bonchev–Trinajstić information content (AvgIpc) is 2.41. The second kappa shape index (κ2) is 6.28. The predicted molar refractivity (Wildman–Crippen MR) is 79.1 cm³/mol. The third-order valence-electron chi connectivity index (χ3n) is 2.94. The van der Waals surface area contributed by atoms with Gasteiger partial charge in [-0.25, -0.2) is 13.2 Å². The zero-order valence-electron chi connectivity index (χ0n) is 10.4. The molecule has 2 aromatic carbocycles. The highest BCUT2D eigenvalue weighted by molar-refractivity contribution is 9.11. The minimum Gasteiger partial charge on any atom is -0.309 e. The van der Waals surface area contributed by atoms with E-state index in [2.05, 4.69) is 37.2 Å². The van der Waals surface area contributed by atoms with Crippen molar-refractivity contribution >= 4 is 31.9 Å². The first kappa shape index (κ1) is 15.5. The van der Waals surface area contributed by atoms with Gasteiger partial charge in [0.15, 0.2) is 17.5 Å². The lowest BCUT2D eigenvalue weighted by Gasteiger charge is -2.20. The fourth-order valence-corrected chi connectivity index (χ4v) is 3.25. The molecule has 1 nitrogen and oxygen atoms in total. The van der Waals surface area contributed by atoms with E-state index >= 15 is 0 Å². The monoisotopic (exact) mass is 407 g/mol. The molecular formula is C14H10Br2F3N. The molecular weight excluding hydrogens is 399 g/mol. The molecule has 0 saturated heterocycles. The number of nitrogens with one attached hydrogen (secondary N) is 1. The molecule has 2 aromatic rings. The standard InChI is InChI=1S/C14H10Br2F3N/c1-20-14(8-3-2-7(15)6-10(8)16)9-4-5-11(17)13(19)12(9)18/h2-6,14,20H,1H3. The maximum absolute atomic E-state index is 13.9. The van der Waals surface area contributed by atoms with Gasteiger partial charge in [0.1, 0.15) is 0 Å². The van der Waals surface area contributed by atoms with E-state index in [1.807, 2.05) is 0 Å². The summed E-state index contributed by atoms with van der Waals surface area (Å²) in [5.41, 5.74) is 0.773. The van der Waals surface area contributed by atoms with Crippen LogP contribution in [0.5, 0.6) is 0 Å². The predicted octanol–water partition coefficient (Wildman–Crippen LogP) is 4.94. The van der Waals surface area contributed by atoms with Crippen molar-refractivity contribution in [2.75, 3.05) is 7.05 Å². The van der Waals surface area contributed by atoms with Gasteiger partial charge in [0.25, 0.3) is 0 Å². The quantitative estimate of drug-likeness (QED) is 0.709. The Kier molecular flexibility index (Phi) is 4.88. The van der Waals surface area contributed by atoms with E-state index in [0.29, 0.717) is 0 Å². The van der Waals surface area contributed by atoms with Crippen LogP contribution in [0.15, 0.2) is 39.3 Å². The molecule has 0 heterocycles. The van der Waals surface area contributed by atoms with Gasteiger partial charge in [-0.1, -0.05) is 44.0 Å². The van der Waals surface area contributed by atoms with Crippen LogP contribution in [0.1, 0.15) is 17.2 Å². The molecule has 1 N–H and O–H groups in total. The van der Waals surface area contributed by atoms with Gasteiger partial charge < -0.3 is 5.32 Å². The van der Waals surface area contributed by atoms with Gasteiger partial charge in [0.2, 0.25) is 0 Å². The van der Waals surface area contributed by atoms with Gasteiger partial charge in [-0.2, -0.15) is 0 Å². The first-order valence-corrected chi connectivity index (χ1v) is 7.30. The first-order valence-electron chi connectivity index (χ1n) is 5.71. The van der Waals surface area contributed by atoms with Crippen molar-refractivity contribution in [2.24, 2.45) is 0 Å². The summed E-state index contributed by atoms with van der Waals surface area (Å²) in [6.45, 7) is 0. The summed E-state index contributed by atoms with van der Waals surface area (Å²) in [6, 6.07) is 6.94. The van der Waals surface area contributed by atoms with Crippen LogP contribution >= 0.6 is 31.9 Å². The van der Waals surface area contributed by atoms with E-state index in [0.717, 1.165) is 20.6 Å². The zero-order chi connectivity index (χ0) is 14.9. The van der Waals surface area contributed by atoms with Gasteiger partial charge >= 0.3 is 0 Å². The molecule has 0 bridgehead atoms. The van der Waals surface area contributed by atoms with Crippen molar-refractivity contribution in [3.05, 3.63) is 67.9 Å². The molecule has 20 heavy (non-hydrogen) atoms. The molecule has 0 aliphatic heterocycles. The molecule has 0 amide bonds. The van der Waals surface area contributed by atoms with Crippen molar-refractivity contribution < 1.29 is 13.2 Å². The van der Waals surface area contributed by atoms with Crippen LogP contribution in [0.3, 0.4) is 0 Å². The molecule has 106 valence electrons. The highest BCUT2D eigenvalue weighted by Gasteiger charge is 2.22. The first-order chi connectivity index (χ1) is 9.45. The Morgan fingerprint density at radius 1 is 0.950 bits per heavy atom. The normalized spacial score (nSPS) is 12.5. The summed E-state index contributed by atoms with van der Waals surface area (Å²) in [6.07, 6.45) is 0. The van der Waals surface area contributed by atoms with Crippen LogP contribution < -0.4 is 5.32 Å². The number of rotatable bonds is 3. The molecule has 0 fully saturated rings. The van der Waals surface area contributed by atoms with Gasteiger partial charge in [0, 0.05) is 14.5 Å². The molecule has 0 saturated carbocycles. The summed E-state index contributed by atoms with van der Waals surface area (Å²) < 4.78 is 41.9. The van der Waals surface area contributed by atoms with Crippen LogP contribution in [0.2, 0.25) is 0 Å². The third-order valence-corrected chi connectivity index (χ3v) is 4.12. The molecule has 1 unspecified atom stereocenters. The molecule has 0 radical (unpaired) electrons. The van der Waals surface area contributed by atoms with Crippen LogP contribution in [-0.4, -0.2) is 7.05 Å². The van der Waals surface area contributed by atoms with E-state index in [1.54, 1.807) is 25.2 Å². The van der Waals surface area contributed by atoms with Crippen LogP contribution in [-0.2, 0) is 0 Å². The number of benzene rings is 2. The van der Waals surface area contributed by atoms with Gasteiger partial charge in [-0.15, -0.1) is 0 Å². The van der Waals surface area contributed by atoms with E-state index in [-0.39, 0.29) is 5.56 Å². The lowest BCUT2D eigenvalue weighted by Crippen LogP contribution is -2.20. The Morgan fingerprint density at radius 2 is 1.60 bits per heavy atom. The largest absolute Gasteiger partial charge is 0.309 e. The van der Waals surface area contributed by atoms with E-state index in [1.165, 1.54) is 6.07 Å². The van der Waals surface area contributed by atoms with Crippen molar-refractivity contribution in [3.63, 3.8) is 0 Å². The summed E-state index contributed by atoms with van der Waals surface area (Å²) >= 11 is 6.71. The molecule has 0 spiro atoms. The Morgan fingerprint density at radius 3 is 2.20 bits per heavy atom. The third kappa shape index (κ3) is 2.92. The van der Waals surface area contributed by atoms with Crippen LogP contribution in [0.4, 0.5) is 13.2 Å². The van der Waals surface area contributed by atoms with E-state index in [9.17, 15) is 13.2 Å². The number of hydrogen-bond donors (Lipinski definition) is 1. The molecule has 0 aliphatic carbocycles. The summed E-state index contributed by atoms with van der Waals surface area (Å²) in [5, 5.41) is 2.91. The highest BCUT2D eigenvalue weighted by Crippen LogP contribution is 2.32. The molecule has 0 aromatic heterocycles. The molecule has 2 rings (SSSR count). The summed E-state index contributed by atoms with van der Waals surface area (Å²) in [7, 11) is 1.62. The molecule has 6 heteroatoms. The lowest BCUT2D eigenvalue weighted by atomic mass is 9.98. The Labute approximate surface area is 131 Å². The summed E-state index contributed by atoms with van der Waals surface area (Å²) in [5.74, 6) is -3.84. The van der Waals surface area contributed by atoms with Crippen molar-refractivity contribution in [3.8, 4) is 0 Å². The van der Waals surface area contributed by atoms with E-state index in [4.69, 9.17) is 0 Å².